The number of benzene rings is 2. The first-order valence-electron chi connectivity index (χ1n) is 8.13. The lowest BCUT2D eigenvalue weighted by atomic mass is 10.1. The Labute approximate surface area is 195 Å². The van der Waals surface area contributed by atoms with E-state index in [2.05, 4.69) is 26.0 Å². The first-order valence-corrected chi connectivity index (χ1v) is 10.4. The van der Waals surface area contributed by atoms with Crippen LogP contribution in [0.2, 0.25) is 5.02 Å². The molecular weight excluding hydrogens is 574 g/mol. The smallest absolute Gasteiger partial charge is 0.343 e. The fourth-order valence-corrected chi connectivity index (χ4v) is 4.18. The second-order valence-corrected chi connectivity index (χ2v) is 8.14. The summed E-state index contributed by atoms with van der Waals surface area (Å²) in [4.78, 5) is 23.8. The molecule has 1 amide bonds. The second kappa shape index (κ2) is 10.6. The van der Waals surface area contributed by atoms with E-state index in [1.165, 1.54) is 13.2 Å². The molecule has 0 aliphatic carbocycles. The largest absolute Gasteiger partial charge is 0.480 e. The number of hydrogen-bond acceptors (Lipinski definition) is 5. The van der Waals surface area contributed by atoms with E-state index in [4.69, 9.17) is 16.3 Å². The molecule has 2 rings (SSSR count). The first kappa shape index (κ1) is 23.2. The third-order valence-electron chi connectivity index (χ3n) is 3.77. The van der Waals surface area contributed by atoms with Crippen LogP contribution in [0.1, 0.15) is 11.1 Å². The Morgan fingerprint density at radius 3 is 2.72 bits per heavy atom. The van der Waals surface area contributed by atoms with Crippen LogP contribution >= 0.6 is 50.1 Å². The second-order valence-electron chi connectivity index (χ2n) is 5.71. The van der Waals surface area contributed by atoms with Crippen molar-refractivity contribution in [1.29, 1.82) is 5.26 Å². The maximum Gasteiger partial charge on any atom is 0.343 e. The molecule has 2 aromatic rings. The summed E-state index contributed by atoms with van der Waals surface area (Å²) in [5.41, 5.74) is 1.78. The number of methoxy groups -OCH3 is 1. The minimum atomic E-state index is -0.546. The lowest BCUT2D eigenvalue weighted by molar-refractivity contribution is -0.142. The van der Waals surface area contributed by atoms with Crippen LogP contribution in [0, 0.1) is 21.8 Å². The summed E-state index contributed by atoms with van der Waals surface area (Å²) >= 11 is 11.5. The standard InChI is InChI=1S/C20H15BrClIN2O4/c1-11-15(22)4-3-5-17(11)25-20(27)13(9-24)6-12-7-14(21)19(16(23)8-12)29-10-18(26)28-2/h3-8H,10H2,1-2H3,(H,25,27)/b13-6-. The molecule has 6 nitrogen and oxygen atoms in total. The van der Waals surface area contributed by atoms with E-state index >= 15 is 0 Å². The highest BCUT2D eigenvalue weighted by atomic mass is 127. The Bertz CT molecular complexity index is 1010. The summed E-state index contributed by atoms with van der Waals surface area (Å²) in [6, 6.07) is 10.5. The van der Waals surface area contributed by atoms with Gasteiger partial charge in [-0.25, -0.2) is 4.79 Å². The summed E-state index contributed by atoms with van der Waals surface area (Å²) in [5, 5.41) is 12.6. The molecule has 0 fully saturated rings. The Morgan fingerprint density at radius 2 is 2.10 bits per heavy atom. The van der Waals surface area contributed by atoms with Crippen LogP contribution in [0.15, 0.2) is 40.4 Å². The normalized spacial score (nSPS) is 10.8. The van der Waals surface area contributed by atoms with E-state index in [-0.39, 0.29) is 12.2 Å². The van der Waals surface area contributed by atoms with Gasteiger partial charge < -0.3 is 14.8 Å². The molecule has 0 heterocycles. The average Bonchev–Trinajstić information content (AvgIpc) is 2.68. The van der Waals surface area contributed by atoms with Crippen LogP contribution in [-0.4, -0.2) is 25.6 Å². The number of rotatable bonds is 6. The molecule has 0 saturated heterocycles. The van der Waals surface area contributed by atoms with Gasteiger partial charge in [-0.1, -0.05) is 17.7 Å². The number of anilines is 1. The summed E-state index contributed by atoms with van der Waals surface area (Å²) in [7, 11) is 1.28. The highest BCUT2D eigenvalue weighted by molar-refractivity contribution is 14.1. The monoisotopic (exact) mass is 588 g/mol. The van der Waals surface area contributed by atoms with Gasteiger partial charge in [0.1, 0.15) is 17.4 Å². The van der Waals surface area contributed by atoms with Crippen LogP contribution in [0.5, 0.6) is 5.75 Å². The number of carbonyl (C=O) groups excluding carboxylic acids is 2. The predicted octanol–water partition coefficient (Wildman–Crippen LogP) is 5.11. The van der Waals surface area contributed by atoms with Gasteiger partial charge in [0.05, 0.1) is 15.2 Å². The average molecular weight is 590 g/mol. The number of ether oxygens (including phenoxy) is 2. The van der Waals surface area contributed by atoms with Crippen molar-refractivity contribution in [1.82, 2.24) is 0 Å². The van der Waals surface area contributed by atoms with Gasteiger partial charge in [-0.2, -0.15) is 5.26 Å². The number of amides is 1. The summed E-state index contributed by atoms with van der Waals surface area (Å²) in [6.45, 7) is 1.55. The first-order chi connectivity index (χ1) is 13.8. The number of nitriles is 1. The van der Waals surface area contributed by atoms with Crippen LogP contribution in [-0.2, 0) is 14.3 Å². The minimum Gasteiger partial charge on any atom is -0.480 e. The van der Waals surface area contributed by atoms with Crippen molar-refractivity contribution in [3.63, 3.8) is 0 Å². The van der Waals surface area contributed by atoms with E-state index in [9.17, 15) is 14.9 Å². The van der Waals surface area contributed by atoms with Crippen molar-refractivity contribution in [2.24, 2.45) is 0 Å². The van der Waals surface area contributed by atoms with E-state index in [1.54, 1.807) is 37.3 Å². The molecule has 9 heteroatoms. The van der Waals surface area contributed by atoms with Crippen molar-refractivity contribution >= 4 is 73.8 Å². The molecule has 0 bridgehead atoms. The van der Waals surface area contributed by atoms with Crippen LogP contribution in [0.25, 0.3) is 6.08 Å². The minimum absolute atomic E-state index is 0.0738. The van der Waals surface area contributed by atoms with E-state index in [0.717, 1.165) is 0 Å². The zero-order valence-electron chi connectivity index (χ0n) is 15.4. The highest BCUT2D eigenvalue weighted by Gasteiger charge is 2.14. The van der Waals surface area contributed by atoms with Gasteiger partial charge in [-0.15, -0.1) is 0 Å². The quantitative estimate of drug-likeness (QED) is 0.219. The molecule has 150 valence electrons. The molecule has 0 unspecified atom stereocenters. The fraction of sp³-hybridized carbons (Fsp3) is 0.150. The molecule has 0 saturated carbocycles. The number of halogens is 3. The van der Waals surface area contributed by atoms with Crippen molar-refractivity contribution in [3.8, 4) is 11.8 Å². The lowest BCUT2D eigenvalue weighted by Crippen LogP contribution is -2.14. The number of hydrogen-bond donors (Lipinski definition) is 1. The number of esters is 1. The van der Waals surface area contributed by atoms with Crippen molar-refractivity contribution in [2.75, 3.05) is 19.0 Å². The fourth-order valence-electron chi connectivity index (χ4n) is 2.24. The number of carbonyl (C=O) groups is 2. The number of nitrogens with zero attached hydrogens (tertiary/aromatic N) is 1. The number of nitrogens with one attached hydrogen (secondary N) is 1. The third-order valence-corrected chi connectivity index (χ3v) is 5.57. The summed E-state index contributed by atoms with van der Waals surface area (Å²) in [5.74, 6) is -0.586. The zero-order chi connectivity index (χ0) is 21.6. The molecular formula is C20H15BrClIN2O4. The van der Waals surface area contributed by atoms with Crippen LogP contribution < -0.4 is 10.1 Å². The van der Waals surface area contributed by atoms with Gasteiger partial charge in [-0.3, -0.25) is 4.79 Å². The van der Waals surface area contributed by atoms with Crippen molar-refractivity contribution in [2.45, 2.75) is 6.92 Å². The van der Waals surface area contributed by atoms with Gasteiger partial charge >= 0.3 is 5.97 Å². The molecule has 0 radical (unpaired) electrons. The topological polar surface area (TPSA) is 88.4 Å². The van der Waals surface area contributed by atoms with Gasteiger partial charge in [0, 0.05) is 10.7 Å². The molecule has 0 aliphatic heterocycles. The lowest BCUT2D eigenvalue weighted by Gasteiger charge is -2.11. The molecule has 0 aromatic heterocycles. The van der Waals surface area contributed by atoms with Crippen molar-refractivity contribution in [3.05, 3.63) is 60.1 Å². The Kier molecular flexibility index (Phi) is 8.49. The maximum absolute atomic E-state index is 12.5. The van der Waals surface area contributed by atoms with E-state index in [0.29, 0.717) is 35.6 Å². The van der Waals surface area contributed by atoms with Gasteiger partial charge in [0.25, 0.3) is 5.91 Å². The Morgan fingerprint density at radius 1 is 1.38 bits per heavy atom. The molecule has 0 spiro atoms. The van der Waals surface area contributed by atoms with Gasteiger partial charge in [0.2, 0.25) is 0 Å². The summed E-state index contributed by atoms with van der Waals surface area (Å²) in [6.07, 6.45) is 1.46. The molecule has 29 heavy (non-hydrogen) atoms. The Hall–Kier alpha value is -2.09. The van der Waals surface area contributed by atoms with Crippen molar-refractivity contribution < 1.29 is 19.1 Å². The molecule has 2 aromatic carbocycles. The van der Waals surface area contributed by atoms with E-state index in [1.807, 2.05) is 28.7 Å². The van der Waals surface area contributed by atoms with Gasteiger partial charge in [0.15, 0.2) is 6.61 Å². The third kappa shape index (κ3) is 6.19. The SMILES string of the molecule is COC(=O)COc1c(Br)cc(/C=C(/C#N)C(=O)Nc2cccc(Cl)c2C)cc1I. The zero-order valence-corrected chi connectivity index (χ0v) is 19.9. The van der Waals surface area contributed by atoms with E-state index < -0.39 is 11.9 Å². The molecule has 1 N–H and O–H groups in total. The maximum atomic E-state index is 12.5. The predicted molar refractivity (Wildman–Crippen MR) is 123 cm³/mol. The van der Waals surface area contributed by atoms with Gasteiger partial charge in [-0.05, 0) is 86.9 Å². The Balaban J connectivity index is 2.26. The molecule has 0 aliphatic rings. The van der Waals surface area contributed by atoms with Crippen LogP contribution in [0.4, 0.5) is 5.69 Å². The molecule has 0 atom stereocenters. The summed E-state index contributed by atoms with van der Waals surface area (Å²) < 4.78 is 11.3. The highest BCUT2D eigenvalue weighted by Crippen LogP contribution is 2.33. The van der Waals surface area contributed by atoms with Crippen LogP contribution in [0.3, 0.4) is 0 Å².